The number of rotatable bonds is 6. The smallest absolute Gasteiger partial charge is 0.224 e. The number of aromatic nitrogens is 2. The van der Waals surface area contributed by atoms with E-state index in [0.29, 0.717) is 19.4 Å². The van der Waals surface area contributed by atoms with Crippen molar-refractivity contribution in [2.75, 3.05) is 20.1 Å². The molecule has 1 aliphatic heterocycles. The van der Waals surface area contributed by atoms with Gasteiger partial charge in [0.2, 0.25) is 11.8 Å². The molecule has 0 aliphatic carbocycles. The average Bonchev–Trinajstić information content (AvgIpc) is 3.28. The summed E-state index contributed by atoms with van der Waals surface area (Å²) in [4.78, 5) is 27.6. The molecule has 6 nitrogen and oxygen atoms in total. The first-order valence-electron chi connectivity index (χ1n) is 8.70. The van der Waals surface area contributed by atoms with Crippen LogP contribution in [0.15, 0.2) is 36.4 Å². The van der Waals surface area contributed by atoms with Gasteiger partial charge in [0.05, 0.1) is 17.4 Å². The predicted octanol–water partition coefficient (Wildman–Crippen LogP) is 2.61. The first-order chi connectivity index (χ1) is 12.1. The number of H-pyrrole nitrogens is 1. The Morgan fingerprint density at radius 2 is 2.12 bits per heavy atom. The zero-order chi connectivity index (χ0) is 17.8. The van der Waals surface area contributed by atoms with Crippen LogP contribution in [0.1, 0.15) is 37.9 Å². The van der Waals surface area contributed by atoms with E-state index in [1.54, 1.807) is 16.8 Å². The topological polar surface area (TPSA) is 69.3 Å². The summed E-state index contributed by atoms with van der Waals surface area (Å²) >= 11 is 0. The number of likely N-dealkylation sites (tertiary alicyclic amines) is 1. The second kappa shape index (κ2) is 7.51. The van der Waals surface area contributed by atoms with E-state index in [1.807, 2.05) is 43.3 Å². The molecular weight excluding hydrogens is 316 g/mol. The van der Waals surface area contributed by atoms with Gasteiger partial charge in [-0.2, -0.15) is 5.10 Å². The molecule has 0 unspecified atom stereocenters. The van der Waals surface area contributed by atoms with Crippen LogP contribution >= 0.6 is 0 Å². The zero-order valence-corrected chi connectivity index (χ0v) is 14.7. The van der Waals surface area contributed by atoms with Crippen molar-refractivity contribution in [1.82, 2.24) is 20.0 Å². The summed E-state index contributed by atoms with van der Waals surface area (Å²) in [6, 6.07) is 11.8. The molecule has 1 N–H and O–H groups in total. The fourth-order valence-electron chi connectivity index (χ4n) is 3.08. The Balaban J connectivity index is 1.60. The lowest BCUT2D eigenvalue weighted by Gasteiger charge is -2.25. The monoisotopic (exact) mass is 340 g/mol. The molecule has 2 heterocycles. The molecule has 132 valence electrons. The highest BCUT2D eigenvalue weighted by atomic mass is 16.2. The molecule has 1 aliphatic rings. The molecular formula is C19H24N4O2. The molecule has 1 saturated heterocycles. The van der Waals surface area contributed by atoms with Crippen molar-refractivity contribution in [3.05, 3.63) is 42.1 Å². The van der Waals surface area contributed by atoms with Gasteiger partial charge in [-0.1, -0.05) is 30.3 Å². The Kier molecular flexibility index (Phi) is 5.16. The van der Waals surface area contributed by atoms with E-state index < -0.39 is 0 Å². The summed E-state index contributed by atoms with van der Waals surface area (Å²) in [6.45, 7) is 3.25. The molecule has 0 radical (unpaired) electrons. The van der Waals surface area contributed by atoms with Crippen molar-refractivity contribution >= 4 is 11.8 Å². The van der Waals surface area contributed by atoms with Gasteiger partial charge in [0.1, 0.15) is 0 Å². The van der Waals surface area contributed by atoms with Gasteiger partial charge < -0.3 is 9.80 Å². The van der Waals surface area contributed by atoms with Crippen LogP contribution in [-0.4, -0.2) is 51.9 Å². The Labute approximate surface area is 147 Å². The fraction of sp³-hybridized carbons (Fsp3) is 0.421. The molecule has 25 heavy (non-hydrogen) atoms. The Morgan fingerprint density at radius 1 is 1.36 bits per heavy atom. The van der Waals surface area contributed by atoms with Crippen LogP contribution in [0.4, 0.5) is 0 Å². The lowest BCUT2D eigenvalue weighted by atomic mass is 10.1. The minimum absolute atomic E-state index is 0.0306. The van der Waals surface area contributed by atoms with Crippen molar-refractivity contribution in [2.24, 2.45) is 0 Å². The summed E-state index contributed by atoms with van der Waals surface area (Å²) in [5.41, 5.74) is 2.80. The summed E-state index contributed by atoms with van der Waals surface area (Å²) in [5.74, 6) is 0.188. The zero-order valence-electron chi connectivity index (χ0n) is 14.7. The third-order valence-corrected chi connectivity index (χ3v) is 4.86. The Hall–Kier alpha value is -2.63. The number of carbonyl (C=O) groups is 2. The van der Waals surface area contributed by atoms with Crippen LogP contribution in [0, 0.1) is 0 Å². The minimum atomic E-state index is -0.105. The molecule has 6 heteroatoms. The highest BCUT2D eigenvalue weighted by molar-refractivity contribution is 5.80. The fourth-order valence-corrected chi connectivity index (χ4v) is 3.08. The van der Waals surface area contributed by atoms with E-state index in [0.717, 1.165) is 29.9 Å². The van der Waals surface area contributed by atoms with Crippen LogP contribution in [-0.2, 0) is 9.59 Å². The second-order valence-corrected chi connectivity index (χ2v) is 6.49. The maximum atomic E-state index is 12.5. The highest BCUT2D eigenvalue weighted by Gasteiger charge is 2.23. The predicted molar refractivity (Wildman–Crippen MR) is 95.6 cm³/mol. The van der Waals surface area contributed by atoms with Gasteiger partial charge >= 0.3 is 0 Å². The van der Waals surface area contributed by atoms with E-state index >= 15 is 0 Å². The first kappa shape index (κ1) is 17.2. The van der Waals surface area contributed by atoms with Crippen LogP contribution in [0.3, 0.4) is 0 Å². The third kappa shape index (κ3) is 3.90. The van der Waals surface area contributed by atoms with Crippen molar-refractivity contribution in [2.45, 2.75) is 32.2 Å². The number of carbonyl (C=O) groups excluding carboxylic acids is 2. The van der Waals surface area contributed by atoms with Crippen molar-refractivity contribution < 1.29 is 9.59 Å². The van der Waals surface area contributed by atoms with Gasteiger partial charge in [-0.25, -0.2) is 0 Å². The molecule has 3 rings (SSSR count). The van der Waals surface area contributed by atoms with E-state index in [1.165, 1.54) is 0 Å². The van der Waals surface area contributed by atoms with Crippen LogP contribution in [0.2, 0.25) is 0 Å². The number of amides is 2. The Bertz CT molecular complexity index is 741. The summed E-state index contributed by atoms with van der Waals surface area (Å²) in [6.07, 6.45) is 1.86. The standard InChI is InChI=1S/C19H24N4O2/c1-14(16-13-17(21-20-16)15-7-4-3-5-8-15)22(2)18(24)10-12-23-11-6-9-19(23)25/h3-5,7-8,13-14H,6,9-12H2,1-2H3,(H,20,21)/t14-/m1/s1. The van der Waals surface area contributed by atoms with Crippen LogP contribution in [0.5, 0.6) is 0 Å². The maximum absolute atomic E-state index is 12.5. The quantitative estimate of drug-likeness (QED) is 0.879. The number of hydrogen-bond donors (Lipinski definition) is 1. The van der Waals surface area contributed by atoms with Crippen LogP contribution in [0.25, 0.3) is 11.3 Å². The Morgan fingerprint density at radius 3 is 2.80 bits per heavy atom. The number of benzene rings is 1. The number of hydrogen-bond acceptors (Lipinski definition) is 3. The molecule has 1 aromatic heterocycles. The van der Waals surface area contributed by atoms with Gasteiger partial charge in [-0.05, 0) is 19.4 Å². The molecule has 0 spiro atoms. The van der Waals surface area contributed by atoms with Crippen molar-refractivity contribution in [3.8, 4) is 11.3 Å². The summed E-state index contributed by atoms with van der Waals surface area (Å²) in [7, 11) is 1.79. The van der Waals surface area contributed by atoms with E-state index in [2.05, 4.69) is 10.2 Å². The number of nitrogens with zero attached hydrogens (tertiary/aromatic N) is 3. The second-order valence-electron chi connectivity index (χ2n) is 6.49. The van der Waals surface area contributed by atoms with Gasteiger partial charge in [0, 0.05) is 38.5 Å². The van der Waals surface area contributed by atoms with Crippen molar-refractivity contribution in [3.63, 3.8) is 0 Å². The van der Waals surface area contributed by atoms with Gasteiger partial charge in [0.25, 0.3) is 0 Å². The van der Waals surface area contributed by atoms with Crippen molar-refractivity contribution in [1.29, 1.82) is 0 Å². The molecule has 1 atom stereocenters. The summed E-state index contributed by atoms with van der Waals surface area (Å²) in [5, 5.41) is 7.39. The molecule has 0 bridgehead atoms. The first-order valence-corrected chi connectivity index (χ1v) is 8.70. The van der Waals surface area contributed by atoms with E-state index in [9.17, 15) is 9.59 Å². The largest absolute Gasteiger partial charge is 0.342 e. The molecule has 2 amide bonds. The van der Waals surface area contributed by atoms with Gasteiger partial charge in [-0.15, -0.1) is 0 Å². The summed E-state index contributed by atoms with van der Waals surface area (Å²) < 4.78 is 0. The van der Waals surface area contributed by atoms with Gasteiger partial charge in [-0.3, -0.25) is 14.7 Å². The highest BCUT2D eigenvalue weighted by Crippen LogP contribution is 2.23. The van der Waals surface area contributed by atoms with E-state index in [4.69, 9.17) is 0 Å². The normalized spacial score (nSPS) is 15.4. The minimum Gasteiger partial charge on any atom is -0.342 e. The van der Waals surface area contributed by atoms with E-state index in [-0.39, 0.29) is 17.9 Å². The average molecular weight is 340 g/mol. The lowest BCUT2D eigenvalue weighted by molar-refractivity contribution is -0.133. The molecule has 2 aromatic rings. The lowest BCUT2D eigenvalue weighted by Crippen LogP contribution is -2.34. The molecule has 1 fully saturated rings. The van der Waals surface area contributed by atoms with Crippen LogP contribution < -0.4 is 0 Å². The van der Waals surface area contributed by atoms with Gasteiger partial charge in [0.15, 0.2) is 0 Å². The SMILES string of the molecule is C[C@H](c1cc(-c2ccccc2)n[nH]1)N(C)C(=O)CCN1CCCC1=O. The maximum Gasteiger partial charge on any atom is 0.224 e. The number of aromatic amines is 1. The third-order valence-electron chi connectivity index (χ3n) is 4.86. The number of nitrogens with one attached hydrogen (secondary N) is 1. The molecule has 1 aromatic carbocycles. The molecule has 0 saturated carbocycles.